The first-order valence-corrected chi connectivity index (χ1v) is 8.39. The molecule has 1 amide bonds. The van der Waals surface area contributed by atoms with Crippen LogP contribution < -0.4 is 0 Å². The molecule has 1 atom stereocenters. The minimum Gasteiger partial charge on any atom is -0.445 e. The number of ether oxygens (including phenoxy) is 1. The van der Waals surface area contributed by atoms with Gasteiger partial charge in [0, 0.05) is 24.6 Å². The molecule has 25 heavy (non-hydrogen) atoms. The number of benzene rings is 2. The molecule has 1 unspecified atom stereocenters. The highest BCUT2D eigenvalue weighted by Crippen LogP contribution is 2.23. The van der Waals surface area contributed by atoms with Gasteiger partial charge in [-0.2, -0.15) is 0 Å². The van der Waals surface area contributed by atoms with E-state index in [4.69, 9.17) is 4.74 Å². The SMILES string of the molecule is O=C(CC1CCCN1C(=O)OCc1ccccc1)c1ccc(F)cc1. The Kier molecular flexibility index (Phi) is 5.43. The summed E-state index contributed by atoms with van der Waals surface area (Å²) in [4.78, 5) is 26.3. The Morgan fingerprint density at radius 2 is 1.80 bits per heavy atom. The lowest BCUT2D eigenvalue weighted by Crippen LogP contribution is -2.37. The highest BCUT2D eigenvalue weighted by molar-refractivity contribution is 5.96. The van der Waals surface area contributed by atoms with Crippen LogP contribution in [0.1, 0.15) is 35.2 Å². The van der Waals surface area contributed by atoms with Gasteiger partial charge in [-0.25, -0.2) is 9.18 Å². The normalized spacial score (nSPS) is 16.7. The van der Waals surface area contributed by atoms with Crippen LogP contribution in [0, 0.1) is 5.82 Å². The summed E-state index contributed by atoms with van der Waals surface area (Å²) in [5.41, 5.74) is 1.39. The van der Waals surface area contributed by atoms with Crippen molar-refractivity contribution in [1.29, 1.82) is 0 Å². The number of carbonyl (C=O) groups is 2. The number of ketones is 1. The Bertz CT molecular complexity index is 730. The fourth-order valence-electron chi connectivity index (χ4n) is 3.06. The predicted octanol–water partition coefficient (Wildman–Crippen LogP) is 4.20. The summed E-state index contributed by atoms with van der Waals surface area (Å²) >= 11 is 0. The summed E-state index contributed by atoms with van der Waals surface area (Å²) in [6.07, 6.45) is 1.46. The van der Waals surface area contributed by atoms with E-state index < -0.39 is 6.09 Å². The molecule has 0 bridgehead atoms. The number of nitrogens with zero attached hydrogens (tertiary/aromatic N) is 1. The van der Waals surface area contributed by atoms with Crippen LogP contribution in [-0.2, 0) is 11.3 Å². The van der Waals surface area contributed by atoms with E-state index in [0.717, 1.165) is 18.4 Å². The molecule has 0 radical (unpaired) electrons. The molecule has 5 heteroatoms. The first-order valence-electron chi connectivity index (χ1n) is 8.39. The zero-order chi connectivity index (χ0) is 17.6. The van der Waals surface area contributed by atoms with Crippen LogP contribution in [0.25, 0.3) is 0 Å². The minimum atomic E-state index is -0.391. The molecule has 0 aliphatic carbocycles. The highest BCUT2D eigenvalue weighted by Gasteiger charge is 2.31. The monoisotopic (exact) mass is 341 g/mol. The number of hydrogen-bond acceptors (Lipinski definition) is 3. The van der Waals surface area contributed by atoms with Crippen molar-refractivity contribution >= 4 is 11.9 Å². The first-order chi connectivity index (χ1) is 12.1. The lowest BCUT2D eigenvalue weighted by atomic mass is 10.0. The molecule has 130 valence electrons. The zero-order valence-corrected chi connectivity index (χ0v) is 13.9. The van der Waals surface area contributed by atoms with Gasteiger partial charge in [0.2, 0.25) is 0 Å². The van der Waals surface area contributed by atoms with Gasteiger partial charge in [-0.05, 0) is 42.7 Å². The van der Waals surface area contributed by atoms with Gasteiger partial charge < -0.3 is 9.64 Å². The average molecular weight is 341 g/mol. The molecule has 3 rings (SSSR count). The maximum atomic E-state index is 13.0. The van der Waals surface area contributed by atoms with Crippen LogP contribution in [0.15, 0.2) is 54.6 Å². The van der Waals surface area contributed by atoms with Crippen LogP contribution in [0.5, 0.6) is 0 Å². The van der Waals surface area contributed by atoms with Gasteiger partial charge in [0.05, 0.1) is 0 Å². The number of likely N-dealkylation sites (tertiary alicyclic amines) is 1. The van der Waals surface area contributed by atoms with E-state index >= 15 is 0 Å². The van der Waals surface area contributed by atoms with Crippen molar-refractivity contribution in [1.82, 2.24) is 4.90 Å². The van der Waals surface area contributed by atoms with Gasteiger partial charge in [0.15, 0.2) is 5.78 Å². The number of hydrogen-bond donors (Lipinski definition) is 0. The molecule has 1 aliphatic rings. The summed E-state index contributed by atoms with van der Waals surface area (Å²) in [5, 5.41) is 0. The third-order valence-electron chi connectivity index (χ3n) is 4.40. The number of Topliss-reactive ketones (excluding diaryl/α,β-unsaturated/α-hetero) is 1. The lowest BCUT2D eigenvalue weighted by Gasteiger charge is -2.23. The quantitative estimate of drug-likeness (QED) is 0.766. The van der Waals surface area contributed by atoms with Crippen molar-refractivity contribution in [3.05, 3.63) is 71.5 Å². The number of carbonyl (C=O) groups excluding carboxylic acids is 2. The fourth-order valence-corrected chi connectivity index (χ4v) is 3.06. The van der Waals surface area contributed by atoms with Crippen molar-refractivity contribution in [2.75, 3.05) is 6.54 Å². The van der Waals surface area contributed by atoms with Crippen LogP contribution in [0.3, 0.4) is 0 Å². The van der Waals surface area contributed by atoms with E-state index in [1.807, 2.05) is 30.3 Å². The summed E-state index contributed by atoms with van der Waals surface area (Å²) in [5.74, 6) is -0.462. The standard InChI is InChI=1S/C20H20FNO3/c21-17-10-8-16(9-11-17)19(23)13-18-7-4-12-22(18)20(24)25-14-15-5-2-1-3-6-15/h1-3,5-6,8-11,18H,4,7,12-14H2. The van der Waals surface area contributed by atoms with E-state index in [1.54, 1.807) is 4.90 Å². The fraction of sp³-hybridized carbons (Fsp3) is 0.300. The number of amides is 1. The zero-order valence-electron chi connectivity index (χ0n) is 13.9. The van der Waals surface area contributed by atoms with E-state index in [-0.39, 0.29) is 30.7 Å². The van der Waals surface area contributed by atoms with Crippen molar-refractivity contribution in [3.63, 3.8) is 0 Å². The summed E-state index contributed by atoms with van der Waals surface area (Å²) in [6, 6.07) is 14.8. The Hall–Kier alpha value is -2.69. The molecular weight excluding hydrogens is 321 g/mol. The molecule has 2 aromatic carbocycles. The van der Waals surface area contributed by atoms with Crippen molar-refractivity contribution in [2.24, 2.45) is 0 Å². The molecule has 1 heterocycles. The molecule has 1 aliphatic heterocycles. The van der Waals surface area contributed by atoms with Crippen LogP contribution >= 0.6 is 0 Å². The number of halogens is 1. The second-order valence-electron chi connectivity index (χ2n) is 6.16. The second-order valence-corrected chi connectivity index (χ2v) is 6.16. The maximum Gasteiger partial charge on any atom is 0.410 e. The van der Waals surface area contributed by atoms with Gasteiger partial charge in [0.25, 0.3) is 0 Å². The molecule has 0 saturated carbocycles. The van der Waals surface area contributed by atoms with Crippen molar-refractivity contribution < 1.29 is 18.7 Å². The predicted molar refractivity (Wildman–Crippen MR) is 91.7 cm³/mol. The molecule has 0 aromatic heterocycles. The van der Waals surface area contributed by atoms with Crippen LogP contribution in [0.4, 0.5) is 9.18 Å². The smallest absolute Gasteiger partial charge is 0.410 e. The molecule has 0 N–H and O–H groups in total. The highest BCUT2D eigenvalue weighted by atomic mass is 19.1. The summed E-state index contributed by atoms with van der Waals surface area (Å²) < 4.78 is 18.3. The topological polar surface area (TPSA) is 46.6 Å². The Balaban J connectivity index is 1.57. The van der Waals surface area contributed by atoms with Gasteiger partial charge >= 0.3 is 6.09 Å². The average Bonchev–Trinajstić information content (AvgIpc) is 3.09. The molecule has 1 saturated heterocycles. The third-order valence-corrected chi connectivity index (χ3v) is 4.40. The Morgan fingerprint density at radius 3 is 2.52 bits per heavy atom. The Morgan fingerprint density at radius 1 is 1.08 bits per heavy atom. The van der Waals surface area contributed by atoms with Gasteiger partial charge in [-0.3, -0.25) is 4.79 Å². The number of rotatable bonds is 5. The van der Waals surface area contributed by atoms with E-state index in [0.29, 0.717) is 12.1 Å². The minimum absolute atomic E-state index is 0.0900. The maximum absolute atomic E-state index is 13.0. The van der Waals surface area contributed by atoms with Gasteiger partial charge in [0.1, 0.15) is 12.4 Å². The van der Waals surface area contributed by atoms with Crippen LogP contribution in [-0.4, -0.2) is 29.4 Å². The van der Waals surface area contributed by atoms with Crippen LogP contribution in [0.2, 0.25) is 0 Å². The summed E-state index contributed by atoms with van der Waals surface area (Å²) in [6.45, 7) is 0.809. The van der Waals surface area contributed by atoms with E-state index in [1.165, 1.54) is 24.3 Å². The second kappa shape index (κ2) is 7.92. The van der Waals surface area contributed by atoms with Gasteiger partial charge in [-0.1, -0.05) is 30.3 Å². The lowest BCUT2D eigenvalue weighted by molar-refractivity contribution is 0.0833. The van der Waals surface area contributed by atoms with E-state index in [2.05, 4.69) is 0 Å². The van der Waals surface area contributed by atoms with Crippen molar-refractivity contribution in [2.45, 2.75) is 31.9 Å². The largest absolute Gasteiger partial charge is 0.445 e. The third kappa shape index (κ3) is 4.44. The van der Waals surface area contributed by atoms with Gasteiger partial charge in [-0.15, -0.1) is 0 Å². The molecule has 0 spiro atoms. The van der Waals surface area contributed by atoms with Crippen molar-refractivity contribution in [3.8, 4) is 0 Å². The first kappa shape index (κ1) is 17.1. The molecule has 1 fully saturated rings. The van der Waals surface area contributed by atoms with E-state index in [9.17, 15) is 14.0 Å². The molecular formula is C20H20FNO3. The molecule has 4 nitrogen and oxygen atoms in total. The Labute approximate surface area is 146 Å². The molecule has 2 aromatic rings. The summed E-state index contributed by atoms with van der Waals surface area (Å²) in [7, 11) is 0.